The average Bonchev–Trinajstić information content (AvgIpc) is 2.81. The van der Waals surface area contributed by atoms with Crippen LogP contribution < -0.4 is 19.6 Å². The molecular formula is C25H27N3O5. The fraction of sp³-hybridized carbons (Fsp3) is 0.240. The number of anilines is 1. The van der Waals surface area contributed by atoms with Gasteiger partial charge in [0.15, 0.2) is 11.5 Å². The highest BCUT2D eigenvalue weighted by Gasteiger charge is 2.10. The molecule has 1 N–H and O–H groups in total. The van der Waals surface area contributed by atoms with Crippen molar-refractivity contribution in [3.05, 3.63) is 87.5 Å². The zero-order valence-electron chi connectivity index (χ0n) is 18.9. The van der Waals surface area contributed by atoms with Crippen LogP contribution in [0.4, 0.5) is 11.4 Å². The number of hydrazone groups is 1. The van der Waals surface area contributed by atoms with E-state index in [1.165, 1.54) is 12.1 Å². The summed E-state index contributed by atoms with van der Waals surface area (Å²) in [7, 11) is 1.59. The van der Waals surface area contributed by atoms with E-state index in [1.807, 2.05) is 50.2 Å². The highest BCUT2D eigenvalue weighted by molar-refractivity contribution is 5.85. The molecular weight excluding hydrogens is 422 g/mol. The minimum atomic E-state index is -0.444. The molecule has 0 unspecified atom stereocenters. The number of methoxy groups -OCH3 is 1. The molecule has 0 aromatic heterocycles. The fourth-order valence-electron chi connectivity index (χ4n) is 3.22. The summed E-state index contributed by atoms with van der Waals surface area (Å²) in [5.41, 5.74) is 6.47. The molecule has 0 radical (unpaired) electrons. The first-order chi connectivity index (χ1) is 16.0. The van der Waals surface area contributed by atoms with Gasteiger partial charge in [-0.15, -0.1) is 0 Å². The molecule has 0 spiro atoms. The number of hydrogen-bond acceptors (Lipinski definition) is 7. The Balaban J connectivity index is 1.58. The van der Waals surface area contributed by atoms with Gasteiger partial charge >= 0.3 is 0 Å². The van der Waals surface area contributed by atoms with Crippen LogP contribution in [0.25, 0.3) is 0 Å². The number of nitro benzene ring substituents is 1. The summed E-state index contributed by atoms with van der Waals surface area (Å²) in [4.78, 5) is 10.3. The first-order valence-corrected chi connectivity index (χ1v) is 10.5. The molecule has 172 valence electrons. The van der Waals surface area contributed by atoms with E-state index >= 15 is 0 Å². The molecule has 0 amide bonds. The summed E-state index contributed by atoms with van der Waals surface area (Å²) in [5, 5.41) is 15.0. The van der Waals surface area contributed by atoms with Crippen molar-refractivity contribution in [3.8, 4) is 17.2 Å². The number of nitrogens with zero attached hydrogens (tertiary/aromatic N) is 2. The summed E-state index contributed by atoms with van der Waals surface area (Å²) in [5.74, 6) is 2.10. The van der Waals surface area contributed by atoms with Gasteiger partial charge in [0, 0.05) is 24.1 Å². The molecule has 3 rings (SSSR count). The second-order valence-corrected chi connectivity index (χ2v) is 7.32. The molecule has 0 aliphatic carbocycles. The van der Waals surface area contributed by atoms with Crippen molar-refractivity contribution >= 4 is 17.6 Å². The first kappa shape index (κ1) is 23.6. The lowest BCUT2D eigenvalue weighted by molar-refractivity contribution is -0.384. The molecule has 33 heavy (non-hydrogen) atoms. The van der Waals surface area contributed by atoms with Crippen LogP contribution in [0.5, 0.6) is 17.2 Å². The van der Waals surface area contributed by atoms with Gasteiger partial charge in [-0.1, -0.05) is 24.3 Å². The maximum absolute atomic E-state index is 10.8. The predicted molar refractivity (Wildman–Crippen MR) is 129 cm³/mol. The van der Waals surface area contributed by atoms with Crippen LogP contribution in [0, 0.1) is 24.0 Å². The average molecular weight is 450 g/mol. The molecule has 0 bridgehead atoms. The van der Waals surface area contributed by atoms with E-state index in [1.54, 1.807) is 25.5 Å². The van der Waals surface area contributed by atoms with Gasteiger partial charge in [0.1, 0.15) is 5.75 Å². The Bertz CT molecular complexity index is 1090. The van der Waals surface area contributed by atoms with Gasteiger partial charge in [0.05, 0.1) is 37.1 Å². The third-order valence-electron chi connectivity index (χ3n) is 4.89. The number of nitro groups is 1. The third-order valence-corrected chi connectivity index (χ3v) is 4.89. The number of nitrogens with one attached hydrogen (secondary N) is 1. The zero-order chi connectivity index (χ0) is 23.6. The number of ether oxygens (including phenoxy) is 3. The van der Waals surface area contributed by atoms with Crippen molar-refractivity contribution in [2.24, 2.45) is 5.10 Å². The molecule has 0 aliphatic rings. The number of non-ortho nitro benzene ring substituents is 1. The van der Waals surface area contributed by atoms with Crippen molar-refractivity contribution in [2.75, 3.05) is 25.7 Å². The van der Waals surface area contributed by atoms with Crippen LogP contribution in [-0.4, -0.2) is 31.5 Å². The number of aryl methyl sites for hydroxylation is 2. The number of rotatable bonds is 11. The summed E-state index contributed by atoms with van der Waals surface area (Å²) in [6.07, 6.45) is 2.32. The van der Waals surface area contributed by atoms with Crippen molar-refractivity contribution in [1.82, 2.24) is 0 Å². The molecule has 0 saturated carbocycles. The van der Waals surface area contributed by atoms with E-state index in [4.69, 9.17) is 14.2 Å². The Morgan fingerprint density at radius 2 is 1.58 bits per heavy atom. The standard InChI is InChI=1S/C25H27N3O5/c1-18-7-4-8-19(2)24(18)32-15-6-16-33-25-20(9-5-10-23(25)31-3)17-26-27-21-11-13-22(14-12-21)28(29)30/h4-5,7-14,17,27H,6,15-16H2,1-3H3. The lowest BCUT2D eigenvalue weighted by Gasteiger charge is -2.14. The normalized spacial score (nSPS) is 10.8. The highest BCUT2D eigenvalue weighted by Crippen LogP contribution is 2.30. The van der Waals surface area contributed by atoms with Crippen LogP contribution in [-0.2, 0) is 0 Å². The smallest absolute Gasteiger partial charge is 0.269 e. The van der Waals surface area contributed by atoms with Gasteiger partial charge < -0.3 is 14.2 Å². The van der Waals surface area contributed by atoms with Crippen LogP contribution >= 0.6 is 0 Å². The molecule has 0 fully saturated rings. The number of benzene rings is 3. The predicted octanol–water partition coefficient (Wildman–Crippen LogP) is 5.51. The van der Waals surface area contributed by atoms with E-state index in [0.29, 0.717) is 36.8 Å². The maximum atomic E-state index is 10.8. The van der Waals surface area contributed by atoms with Gasteiger partial charge in [-0.05, 0) is 49.2 Å². The lowest BCUT2D eigenvalue weighted by atomic mass is 10.1. The summed E-state index contributed by atoms with van der Waals surface area (Å²) < 4.78 is 17.4. The zero-order valence-corrected chi connectivity index (χ0v) is 18.9. The van der Waals surface area contributed by atoms with E-state index in [0.717, 1.165) is 22.4 Å². The SMILES string of the molecule is COc1cccc(C=NNc2ccc([N+](=O)[O-])cc2)c1OCCCOc1c(C)cccc1C. The number of para-hydroxylation sites is 2. The third kappa shape index (κ3) is 6.46. The van der Waals surface area contributed by atoms with Crippen LogP contribution in [0.3, 0.4) is 0 Å². The molecule has 8 heteroatoms. The first-order valence-electron chi connectivity index (χ1n) is 10.5. The second-order valence-electron chi connectivity index (χ2n) is 7.32. The van der Waals surface area contributed by atoms with E-state index < -0.39 is 4.92 Å². The molecule has 3 aromatic rings. The molecule has 8 nitrogen and oxygen atoms in total. The van der Waals surface area contributed by atoms with Crippen LogP contribution in [0.2, 0.25) is 0 Å². The van der Waals surface area contributed by atoms with Crippen molar-refractivity contribution in [2.45, 2.75) is 20.3 Å². The Hall–Kier alpha value is -4.07. The minimum absolute atomic E-state index is 0.0228. The van der Waals surface area contributed by atoms with Crippen molar-refractivity contribution < 1.29 is 19.1 Å². The monoisotopic (exact) mass is 449 g/mol. The van der Waals surface area contributed by atoms with E-state index in [2.05, 4.69) is 10.5 Å². The van der Waals surface area contributed by atoms with E-state index in [-0.39, 0.29) is 5.69 Å². The Morgan fingerprint density at radius 3 is 2.21 bits per heavy atom. The van der Waals surface area contributed by atoms with Crippen LogP contribution in [0.1, 0.15) is 23.1 Å². The Morgan fingerprint density at radius 1 is 0.939 bits per heavy atom. The van der Waals surface area contributed by atoms with E-state index in [9.17, 15) is 10.1 Å². The van der Waals surface area contributed by atoms with Crippen molar-refractivity contribution in [1.29, 1.82) is 0 Å². The van der Waals surface area contributed by atoms with Gasteiger partial charge in [-0.2, -0.15) is 5.10 Å². The fourth-order valence-corrected chi connectivity index (χ4v) is 3.22. The quantitative estimate of drug-likeness (QED) is 0.179. The highest BCUT2D eigenvalue weighted by atomic mass is 16.6. The largest absolute Gasteiger partial charge is 0.493 e. The topological polar surface area (TPSA) is 95.2 Å². The lowest BCUT2D eigenvalue weighted by Crippen LogP contribution is -2.08. The Kier molecular flexibility index (Phi) is 8.24. The van der Waals surface area contributed by atoms with Gasteiger partial charge in [0.2, 0.25) is 0 Å². The maximum Gasteiger partial charge on any atom is 0.269 e. The second kappa shape index (κ2) is 11.5. The van der Waals surface area contributed by atoms with Crippen LogP contribution in [0.15, 0.2) is 65.8 Å². The molecule has 0 atom stereocenters. The van der Waals surface area contributed by atoms with Gasteiger partial charge in [-0.25, -0.2) is 0 Å². The van der Waals surface area contributed by atoms with Crippen molar-refractivity contribution in [3.63, 3.8) is 0 Å². The summed E-state index contributed by atoms with van der Waals surface area (Å²) in [6.45, 7) is 5.04. The molecule has 3 aromatic carbocycles. The molecule has 0 saturated heterocycles. The van der Waals surface area contributed by atoms with Gasteiger partial charge in [-0.3, -0.25) is 15.5 Å². The summed E-state index contributed by atoms with van der Waals surface area (Å²) >= 11 is 0. The number of hydrogen-bond donors (Lipinski definition) is 1. The molecule has 0 aliphatic heterocycles. The minimum Gasteiger partial charge on any atom is -0.493 e. The molecule has 0 heterocycles. The summed E-state index contributed by atoms with van der Waals surface area (Å²) in [6, 6.07) is 17.6. The Labute approximate surface area is 193 Å². The van der Waals surface area contributed by atoms with Gasteiger partial charge in [0.25, 0.3) is 5.69 Å².